The molecule has 0 atom stereocenters. The van der Waals surface area contributed by atoms with Crippen LogP contribution in [0.5, 0.6) is 0 Å². The average molecular weight is 282 g/mol. The van der Waals surface area contributed by atoms with E-state index in [9.17, 15) is 12.8 Å². The van der Waals surface area contributed by atoms with Crippen molar-refractivity contribution in [2.75, 3.05) is 0 Å². The van der Waals surface area contributed by atoms with Gasteiger partial charge in [-0.05, 0) is 24.6 Å². The summed E-state index contributed by atoms with van der Waals surface area (Å²) in [4.78, 5) is -0.269. The molecule has 0 aliphatic heterocycles. The molecule has 0 amide bonds. The summed E-state index contributed by atoms with van der Waals surface area (Å²) in [7, 11) is -2.01. The van der Waals surface area contributed by atoms with Crippen molar-refractivity contribution in [2.45, 2.75) is 24.0 Å². The first-order valence-electron chi connectivity index (χ1n) is 5.93. The van der Waals surface area contributed by atoms with Crippen LogP contribution in [0.4, 0.5) is 4.39 Å². The van der Waals surface area contributed by atoms with E-state index in [1.54, 1.807) is 13.1 Å². The van der Waals surface area contributed by atoms with E-state index in [2.05, 4.69) is 5.10 Å². The lowest BCUT2D eigenvalue weighted by Gasteiger charge is -2.05. The summed E-state index contributed by atoms with van der Waals surface area (Å²) in [5, 5.41) is 4.19. The van der Waals surface area contributed by atoms with Crippen molar-refractivity contribution >= 4 is 9.84 Å². The first-order valence-corrected chi connectivity index (χ1v) is 7.58. The maximum atomic E-state index is 13.6. The lowest BCUT2D eigenvalue weighted by atomic mass is 10.3. The highest BCUT2D eigenvalue weighted by Crippen LogP contribution is 2.19. The number of sulfone groups is 1. The molecule has 0 fully saturated rings. The summed E-state index contributed by atoms with van der Waals surface area (Å²) in [5.41, 5.74) is 1.38. The second-order valence-electron chi connectivity index (χ2n) is 4.29. The molecule has 19 heavy (non-hydrogen) atoms. The van der Waals surface area contributed by atoms with Crippen molar-refractivity contribution in [2.24, 2.45) is 7.05 Å². The minimum Gasteiger partial charge on any atom is -0.271 e. The number of halogens is 1. The molecule has 0 bridgehead atoms. The van der Waals surface area contributed by atoms with Crippen LogP contribution >= 0.6 is 0 Å². The Labute approximate surface area is 111 Å². The molecule has 6 heteroatoms. The van der Waals surface area contributed by atoms with Crippen LogP contribution in [0.1, 0.15) is 18.3 Å². The number of aryl methyl sites for hydroxylation is 2. The van der Waals surface area contributed by atoms with Gasteiger partial charge in [0.2, 0.25) is 0 Å². The molecule has 4 nitrogen and oxygen atoms in total. The molecule has 102 valence electrons. The van der Waals surface area contributed by atoms with Gasteiger partial charge in [-0.15, -0.1) is 0 Å². The quantitative estimate of drug-likeness (QED) is 0.863. The number of hydrogen-bond acceptors (Lipinski definition) is 3. The Balaban J connectivity index is 2.36. The maximum Gasteiger partial charge on any atom is 0.186 e. The van der Waals surface area contributed by atoms with Crippen LogP contribution in [0.3, 0.4) is 0 Å². The Morgan fingerprint density at radius 2 is 2.00 bits per heavy atom. The van der Waals surface area contributed by atoms with Gasteiger partial charge in [-0.3, -0.25) is 4.68 Å². The zero-order chi connectivity index (χ0) is 14.0. The van der Waals surface area contributed by atoms with E-state index in [0.29, 0.717) is 5.69 Å². The van der Waals surface area contributed by atoms with Crippen molar-refractivity contribution in [3.63, 3.8) is 0 Å². The van der Waals surface area contributed by atoms with Gasteiger partial charge in [-0.2, -0.15) is 5.10 Å². The lowest BCUT2D eigenvalue weighted by molar-refractivity contribution is 0.564. The minimum atomic E-state index is -3.70. The van der Waals surface area contributed by atoms with E-state index in [4.69, 9.17) is 0 Å². The molecule has 0 saturated heterocycles. The SMILES string of the molecule is CCc1cc(CS(=O)(=O)c2ccccc2F)n(C)n1. The number of benzene rings is 1. The Morgan fingerprint density at radius 1 is 1.32 bits per heavy atom. The van der Waals surface area contributed by atoms with Crippen molar-refractivity contribution in [1.82, 2.24) is 9.78 Å². The van der Waals surface area contributed by atoms with Gasteiger partial charge >= 0.3 is 0 Å². The third kappa shape index (κ3) is 2.84. The highest BCUT2D eigenvalue weighted by molar-refractivity contribution is 7.90. The molecule has 2 aromatic rings. The number of hydrogen-bond donors (Lipinski definition) is 0. The van der Waals surface area contributed by atoms with E-state index in [1.807, 2.05) is 6.92 Å². The van der Waals surface area contributed by atoms with E-state index in [-0.39, 0.29) is 10.6 Å². The minimum absolute atomic E-state index is 0.253. The topological polar surface area (TPSA) is 52.0 Å². The molecule has 0 aliphatic rings. The summed E-state index contributed by atoms with van der Waals surface area (Å²) in [6.45, 7) is 1.94. The molecule has 0 aliphatic carbocycles. The first-order chi connectivity index (χ1) is 8.94. The fourth-order valence-corrected chi connectivity index (χ4v) is 3.31. The van der Waals surface area contributed by atoms with Gasteiger partial charge in [0.05, 0.1) is 17.1 Å². The van der Waals surface area contributed by atoms with Gasteiger partial charge in [0.25, 0.3) is 0 Å². The molecule has 0 spiro atoms. The van der Waals surface area contributed by atoms with Gasteiger partial charge in [0.1, 0.15) is 10.7 Å². The summed E-state index contributed by atoms with van der Waals surface area (Å²) in [5.74, 6) is -0.974. The molecule has 0 N–H and O–H groups in total. The van der Waals surface area contributed by atoms with Crippen LogP contribution in [0, 0.1) is 5.82 Å². The Kier molecular flexibility index (Phi) is 3.71. The fourth-order valence-electron chi connectivity index (χ4n) is 1.85. The van der Waals surface area contributed by atoms with E-state index >= 15 is 0 Å². The van der Waals surface area contributed by atoms with Crippen molar-refractivity contribution in [1.29, 1.82) is 0 Å². The van der Waals surface area contributed by atoms with Gasteiger partial charge in [-0.1, -0.05) is 19.1 Å². The van der Waals surface area contributed by atoms with Crippen LogP contribution in [0.25, 0.3) is 0 Å². The summed E-state index contributed by atoms with van der Waals surface area (Å²) in [6, 6.07) is 7.14. The van der Waals surface area contributed by atoms with Crippen LogP contribution in [0.15, 0.2) is 35.2 Å². The van der Waals surface area contributed by atoms with Gasteiger partial charge in [0, 0.05) is 7.05 Å². The Hall–Kier alpha value is -1.69. The zero-order valence-corrected chi connectivity index (χ0v) is 11.6. The van der Waals surface area contributed by atoms with Crippen molar-refractivity contribution in [3.05, 3.63) is 47.5 Å². The van der Waals surface area contributed by atoms with Crippen LogP contribution in [0.2, 0.25) is 0 Å². The largest absolute Gasteiger partial charge is 0.271 e. The van der Waals surface area contributed by atoms with E-state index in [1.165, 1.54) is 22.9 Å². The highest BCUT2D eigenvalue weighted by Gasteiger charge is 2.21. The van der Waals surface area contributed by atoms with Crippen LogP contribution in [-0.2, 0) is 29.1 Å². The molecular weight excluding hydrogens is 267 g/mol. The molecule has 1 aromatic heterocycles. The molecule has 1 heterocycles. The predicted octanol–water partition coefficient (Wildman–Crippen LogP) is 2.10. The first kappa shape index (κ1) is 13.7. The smallest absolute Gasteiger partial charge is 0.186 e. The zero-order valence-electron chi connectivity index (χ0n) is 10.8. The highest BCUT2D eigenvalue weighted by atomic mass is 32.2. The summed E-state index contributed by atoms with van der Waals surface area (Å²) in [6.07, 6.45) is 0.730. The number of rotatable bonds is 4. The van der Waals surface area contributed by atoms with Crippen molar-refractivity contribution in [3.8, 4) is 0 Å². The second-order valence-corrected chi connectivity index (χ2v) is 6.25. The molecule has 0 unspecified atom stereocenters. The van der Waals surface area contributed by atoms with E-state index < -0.39 is 15.7 Å². The van der Waals surface area contributed by atoms with Gasteiger partial charge in [0.15, 0.2) is 9.84 Å². The van der Waals surface area contributed by atoms with Gasteiger partial charge in [-0.25, -0.2) is 12.8 Å². The Morgan fingerprint density at radius 3 is 2.58 bits per heavy atom. The number of nitrogens with zero attached hydrogens (tertiary/aromatic N) is 2. The predicted molar refractivity (Wildman–Crippen MR) is 69.9 cm³/mol. The summed E-state index contributed by atoms with van der Waals surface area (Å²) >= 11 is 0. The molecule has 1 aromatic carbocycles. The maximum absolute atomic E-state index is 13.6. The summed E-state index contributed by atoms with van der Waals surface area (Å²) < 4.78 is 39.5. The third-order valence-electron chi connectivity index (χ3n) is 2.90. The van der Waals surface area contributed by atoms with E-state index in [0.717, 1.165) is 18.2 Å². The monoisotopic (exact) mass is 282 g/mol. The normalized spacial score (nSPS) is 11.7. The third-order valence-corrected chi connectivity index (χ3v) is 4.58. The van der Waals surface area contributed by atoms with Crippen LogP contribution < -0.4 is 0 Å². The molecule has 0 saturated carbocycles. The van der Waals surface area contributed by atoms with Crippen molar-refractivity contribution < 1.29 is 12.8 Å². The molecule has 0 radical (unpaired) electrons. The average Bonchev–Trinajstić information content (AvgIpc) is 2.70. The lowest BCUT2D eigenvalue weighted by Crippen LogP contribution is -2.10. The Bertz CT molecular complexity index is 692. The molecule has 2 rings (SSSR count). The molecular formula is C13H15FN2O2S. The fraction of sp³-hybridized carbons (Fsp3) is 0.308. The standard InChI is InChI=1S/C13H15FN2O2S/c1-3-10-8-11(16(2)15-10)9-19(17,18)13-7-5-4-6-12(13)14/h4-8H,3,9H2,1-2H3. The second kappa shape index (κ2) is 5.13. The van der Waals surface area contributed by atoms with Crippen LogP contribution in [-0.4, -0.2) is 18.2 Å². The number of aromatic nitrogens is 2. The van der Waals surface area contributed by atoms with Gasteiger partial charge < -0.3 is 0 Å².